The largest absolute Gasteiger partial charge is 0.298 e. The maximum Gasteiger partial charge on any atom is 0.0825 e. The third-order valence-electron chi connectivity index (χ3n) is 0.984. The van der Waals surface area contributed by atoms with Gasteiger partial charge in [0, 0.05) is 6.54 Å². The molecule has 0 saturated heterocycles. The maximum absolute atomic E-state index is 5.76. The second-order valence-corrected chi connectivity index (χ2v) is 2.74. The summed E-state index contributed by atoms with van der Waals surface area (Å²) in [5.74, 6) is 0. The highest BCUT2D eigenvalue weighted by Gasteiger charge is 1.96. The summed E-state index contributed by atoms with van der Waals surface area (Å²) in [7, 11) is 0. The van der Waals surface area contributed by atoms with E-state index in [2.05, 4.69) is 11.9 Å². The molecule has 0 saturated carbocycles. The summed E-state index contributed by atoms with van der Waals surface area (Å²) in [4.78, 5) is 0. The molecule has 1 atom stereocenters. The molecule has 0 aromatic carbocycles. The highest BCUT2D eigenvalue weighted by Crippen LogP contribution is 1.96. The second kappa shape index (κ2) is 4.83. The number of hydrogen-bond acceptors (Lipinski definition) is 1. The summed E-state index contributed by atoms with van der Waals surface area (Å²) in [5, 5.41) is 3.10. The zero-order valence-electron chi connectivity index (χ0n) is 6.08. The second-order valence-electron chi connectivity index (χ2n) is 2.21. The number of rotatable bonds is 4. The SMILES string of the molecule is C=C(C)CNC(Cl)CC. The molecule has 0 spiro atoms. The van der Waals surface area contributed by atoms with Crippen molar-refractivity contribution in [2.24, 2.45) is 0 Å². The van der Waals surface area contributed by atoms with Gasteiger partial charge in [-0.25, -0.2) is 0 Å². The van der Waals surface area contributed by atoms with Gasteiger partial charge in [-0.1, -0.05) is 19.1 Å². The molecule has 0 fully saturated rings. The molecule has 1 N–H and O–H groups in total. The van der Waals surface area contributed by atoms with Crippen LogP contribution in [0.1, 0.15) is 20.3 Å². The zero-order valence-corrected chi connectivity index (χ0v) is 6.83. The topological polar surface area (TPSA) is 12.0 Å². The third-order valence-corrected chi connectivity index (χ3v) is 1.45. The van der Waals surface area contributed by atoms with Crippen LogP contribution in [0.4, 0.5) is 0 Å². The number of nitrogens with one attached hydrogen (secondary N) is 1. The van der Waals surface area contributed by atoms with Crippen molar-refractivity contribution >= 4 is 11.6 Å². The number of hydrogen-bond donors (Lipinski definition) is 1. The van der Waals surface area contributed by atoms with Gasteiger partial charge in [-0.05, 0) is 13.3 Å². The summed E-state index contributed by atoms with van der Waals surface area (Å²) in [5.41, 5.74) is 1.22. The van der Waals surface area contributed by atoms with E-state index in [1.807, 2.05) is 13.8 Å². The van der Waals surface area contributed by atoms with Crippen LogP contribution in [0.15, 0.2) is 12.2 Å². The molecule has 0 rings (SSSR count). The van der Waals surface area contributed by atoms with Crippen LogP contribution in [-0.2, 0) is 0 Å². The standard InChI is InChI=1S/C7H14ClN/c1-4-7(8)9-5-6(2)3/h7,9H,2,4-5H2,1,3H3. The lowest BCUT2D eigenvalue weighted by molar-refractivity contribution is 0.660. The lowest BCUT2D eigenvalue weighted by Gasteiger charge is -2.07. The van der Waals surface area contributed by atoms with E-state index < -0.39 is 0 Å². The predicted molar refractivity (Wildman–Crippen MR) is 42.7 cm³/mol. The van der Waals surface area contributed by atoms with Crippen LogP contribution in [0, 0.1) is 0 Å². The Morgan fingerprint density at radius 3 is 2.67 bits per heavy atom. The average Bonchev–Trinajstić information content (AvgIpc) is 1.83. The monoisotopic (exact) mass is 147 g/mol. The molecule has 0 radical (unpaired) electrons. The van der Waals surface area contributed by atoms with Crippen molar-refractivity contribution < 1.29 is 0 Å². The molecule has 1 unspecified atom stereocenters. The first-order valence-electron chi connectivity index (χ1n) is 3.18. The van der Waals surface area contributed by atoms with Gasteiger partial charge in [0.25, 0.3) is 0 Å². The summed E-state index contributed by atoms with van der Waals surface area (Å²) in [6.45, 7) is 8.58. The summed E-state index contributed by atoms with van der Waals surface area (Å²) in [6.07, 6.45) is 0.953. The first-order valence-corrected chi connectivity index (χ1v) is 3.62. The summed E-state index contributed by atoms with van der Waals surface area (Å²) >= 11 is 5.76. The molecule has 0 aliphatic rings. The first-order chi connectivity index (χ1) is 4.16. The first kappa shape index (κ1) is 8.99. The van der Waals surface area contributed by atoms with E-state index in [-0.39, 0.29) is 5.50 Å². The van der Waals surface area contributed by atoms with E-state index in [9.17, 15) is 0 Å². The molecule has 9 heavy (non-hydrogen) atoms. The van der Waals surface area contributed by atoms with E-state index in [4.69, 9.17) is 11.6 Å². The van der Waals surface area contributed by atoms with Crippen molar-refractivity contribution in [2.75, 3.05) is 6.54 Å². The zero-order chi connectivity index (χ0) is 7.28. The van der Waals surface area contributed by atoms with E-state index in [0.29, 0.717) is 0 Å². The molecular formula is C7H14ClN. The maximum atomic E-state index is 5.76. The lowest BCUT2D eigenvalue weighted by Crippen LogP contribution is -2.24. The van der Waals surface area contributed by atoms with Gasteiger partial charge in [0.1, 0.15) is 0 Å². The van der Waals surface area contributed by atoms with Crippen molar-refractivity contribution in [3.05, 3.63) is 12.2 Å². The van der Waals surface area contributed by atoms with Crippen molar-refractivity contribution in [2.45, 2.75) is 25.8 Å². The summed E-state index contributed by atoms with van der Waals surface area (Å²) in [6, 6.07) is 0. The lowest BCUT2D eigenvalue weighted by atomic mass is 10.3. The van der Waals surface area contributed by atoms with Crippen molar-refractivity contribution in [3.8, 4) is 0 Å². The Kier molecular flexibility index (Phi) is 4.83. The molecule has 0 amide bonds. The Hall–Kier alpha value is -0.0100. The molecule has 1 nitrogen and oxygen atoms in total. The molecule has 0 bridgehead atoms. The molecule has 0 aliphatic heterocycles. The van der Waals surface area contributed by atoms with E-state index >= 15 is 0 Å². The molecule has 0 aromatic rings. The summed E-state index contributed by atoms with van der Waals surface area (Å²) < 4.78 is 0. The minimum atomic E-state index is 0.0988. The van der Waals surface area contributed by atoms with E-state index in [1.54, 1.807) is 0 Å². The van der Waals surface area contributed by atoms with Gasteiger partial charge in [0.05, 0.1) is 5.50 Å². The minimum absolute atomic E-state index is 0.0988. The fraction of sp³-hybridized carbons (Fsp3) is 0.714. The predicted octanol–water partition coefficient (Wildman–Crippen LogP) is 2.13. The van der Waals surface area contributed by atoms with Crippen LogP contribution in [-0.4, -0.2) is 12.0 Å². The van der Waals surface area contributed by atoms with Gasteiger partial charge >= 0.3 is 0 Å². The van der Waals surface area contributed by atoms with Gasteiger partial charge in [0.15, 0.2) is 0 Å². The van der Waals surface area contributed by atoms with Gasteiger partial charge < -0.3 is 0 Å². The fourth-order valence-corrected chi connectivity index (χ4v) is 0.506. The smallest absolute Gasteiger partial charge is 0.0825 e. The van der Waals surface area contributed by atoms with Crippen molar-refractivity contribution in [3.63, 3.8) is 0 Å². The Morgan fingerprint density at radius 1 is 1.78 bits per heavy atom. The molecule has 0 heterocycles. The van der Waals surface area contributed by atoms with Crippen LogP contribution in [0.3, 0.4) is 0 Å². The van der Waals surface area contributed by atoms with Gasteiger partial charge in [-0.2, -0.15) is 0 Å². The van der Waals surface area contributed by atoms with Gasteiger partial charge in [-0.15, -0.1) is 11.6 Å². The quantitative estimate of drug-likeness (QED) is 0.365. The van der Waals surface area contributed by atoms with Crippen molar-refractivity contribution in [1.29, 1.82) is 0 Å². The van der Waals surface area contributed by atoms with Gasteiger partial charge in [-0.3, -0.25) is 5.32 Å². The Labute approximate surface area is 62.1 Å². The van der Waals surface area contributed by atoms with Crippen LogP contribution in [0.2, 0.25) is 0 Å². The Balaban J connectivity index is 3.16. The molecular weight excluding hydrogens is 134 g/mol. The Morgan fingerprint density at radius 2 is 2.33 bits per heavy atom. The molecule has 2 heteroatoms. The highest BCUT2D eigenvalue weighted by atomic mass is 35.5. The average molecular weight is 148 g/mol. The molecule has 0 aliphatic carbocycles. The molecule has 54 valence electrons. The van der Waals surface area contributed by atoms with Crippen LogP contribution in [0.25, 0.3) is 0 Å². The van der Waals surface area contributed by atoms with Crippen LogP contribution < -0.4 is 5.32 Å². The normalized spacial score (nSPS) is 13.2. The molecule has 0 aromatic heterocycles. The minimum Gasteiger partial charge on any atom is -0.298 e. The van der Waals surface area contributed by atoms with Crippen LogP contribution >= 0.6 is 11.6 Å². The van der Waals surface area contributed by atoms with Gasteiger partial charge in [0.2, 0.25) is 0 Å². The highest BCUT2D eigenvalue weighted by molar-refractivity contribution is 6.20. The van der Waals surface area contributed by atoms with Crippen LogP contribution in [0.5, 0.6) is 0 Å². The number of alkyl halides is 1. The van der Waals surface area contributed by atoms with E-state index in [1.165, 1.54) is 0 Å². The Bertz CT molecular complexity index is 90.9. The number of halogens is 1. The van der Waals surface area contributed by atoms with E-state index in [0.717, 1.165) is 18.5 Å². The fourth-order valence-electron chi connectivity index (χ4n) is 0.429. The van der Waals surface area contributed by atoms with Crippen molar-refractivity contribution in [1.82, 2.24) is 5.32 Å². The third kappa shape index (κ3) is 5.87.